The van der Waals surface area contributed by atoms with Gasteiger partial charge in [-0.25, -0.2) is 4.79 Å². The topological polar surface area (TPSA) is 85.2 Å². The number of rotatable bonds is 8. The normalized spacial score (nSPS) is 25.1. The second kappa shape index (κ2) is 11.8. The fourth-order valence-electron chi connectivity index (χ4n) is 5.32. The summed E-state index contributed by atoms with van der Waals surface area (Å²) in [5.74, 6) is -0.962. The van der Waals surface area contributed by atoms with E-state index < -0.39 is 36.2 Å². The van der Waals surface area contributed by atoms with Crippen molar-refractivity contribution in [3.05, 3.63) is 102 Å². The van der Waals surface area contributed by atoms with Crippen molar-refractivity contribution in [1.29, 1.82) is 0 Å². The zero-order valence-electron chi connectivity index (χ0n) is 21.4. The van der Waals surface area contributed by atoms with E-state index in [0.29, 0.717) is 18.4 Å². The molecule has 6 nitrogen and oxygen atoms in total. The first-order valence-corrected chi connectivity index (χ1v) is 13.0. The van der Waals surface area contributed by atoms with E-state index >= 15 is 0 Å². The second-order valence-corrected chi connectivity index (χ2v) is 10.0. The van der Waals surface area contributed by atoms with Gasteiger partial charge in [-0.3, -0.25) is 0 Å². The molecule has 2 N–H and O–H groups in total. The maximum Gasteiger partial charge on any atom is 0.416 e. The third kappa shape index (κ3) is 6.55. The van der Waals surface area contributed by atoms with Crippen LogP contribution in [0.1, 0.15) is 28.8 Å². The molecule has 9 heteroatoms. The van der Waals surface area contributed by atoms with Crippen molar-refractivity contribution in [1.82, 2.24) is 0 Å². The first kappa shape index (κ1) is 27.9. The number of aliphatic hydroxyl groups excluding tert-OH is 2. The van der Waals surface area contributed by atoms with Crippen LogP contribution in [0.15, 0.2) is 91.0 Å². The first-order valence-electron chi connectivity index (χ1n) is 13.0. The Hall–Kier alpha value is -3.66. The highest BCUT2D eigenvalue weighted by molar-refractivity contribution is 5.90. The molecular weight excluding hydrogens is 525 g/mol. The van der Waals surface area contributed by atoms with Gasteiger partial charge in [-0.15, -0.1) is 0 Å². The molecule has 2 fully saturated rings. The SMILES string of the molecule is O=C(O[C@@H]1CC2O[C@H](O)C[C@@H]2[C@H]1/C=C/[C@@H](O)COc1cccc(C(F)(F)F)c1)c1ccc(-c2ccccc2)cc1. The van der Waals surface area contributed by atoms with Gasteiger partial charge in [-0.1, -0.05) is 60.7 Å². The number of carbonyl (C=O) groups is 1. The van der Waals surface area contributed by atoms with E-state index in [-0.39, 0.29) is 30.3 Å². The van der Waals surface area contributed by atoms with Gasteiger partial charge in [0.05, 0.1) is 17.2 Å². The predicted molar refractivity (Wildman–Crippen MR) is 140 cm³/mol. The van der Waals surface area contributed by atoms with Crippen molar-refractivity contribution in [2.24, 2.45) is 11.8 Å². The summed E-state index contributed by atoms with van der Waals surface area (Å²) in [5, 5.41) is 20.4. The Bertz CT molecular complexity index is 1320. The highest BCUT2D eigenvalue weighted by Crippen LogP contribution is 2.45. The summed E-state index contributed by atoms with van der Waals surface area (Å²) in [4.78, 5) is 13.0. The molecule has 6 atom stereocenters. The largest absolute Gasteiger partial charge is 0.491 e. The fourth-order valence-corrected chi connectivity index (χ4v) is 5.32. The minimum atomic E-state index is -4.50. The van der Waals surface area contributed by atoms with E-state index in [4.69, 9.17) is 14.2 Å². The van der Waals surface area contributed by atoms with Crippen molar-refractivity contribution >= 4 is 5.97 Å². The number of hydrogen-bond acceptors (Lipinski definition) is 6. The maximum atomic E-state index is 13.0. The number of aliphatic hydroxyl groups is 2. The second-order valence-electron chi connectivity index (χ2n) is 10.0. The third-order valence-corrected chi connectivity index (χ3v) is 7.30. The highest BCUT2D eigenvalue weighted by atomic mass is 19.4. The van der Waals surface area contributed by atoms with E-state index in [1.54, 1.807) is 18.2 Å². The van der Waals surface area contributed by atoms with Crippen LogP contribution in [0.4, 0.5) is 13.2 Å². The van der Waals surface area contributed by atoms with Gasteiger partial charge in [-0.05, 0) is 47.4 Å². The molecule has 0 bridgehead atoms. The van der Waals surface area contributed by atoms with E-state index in [1.165, 1.54) is 18.2 Å². The standard InChI is InChI=1S/C31H29F3O6/c32-31(33,34)22-7-4-8-24(15-22)38-18-23(35)13-14-25-26-16-29(36)39-28(26)17-27(25)40-30(37)21-11-9-20(10-12-21)19-5-2-1-3-6-19/h1-15,23,25-29,35-36H,16-18H2/b14-13+/t23-,25-,26-,27-,28?,29+/m1/s1. The van der Waals surface area contributed by atoms with Crippen molar-refractivity contribution in [2.45, 2.75) is 43.6 Å². The van der Waals surface area contributed by atoms with Crippen LogP contribution < -0.4 is 4.74 Å². The summed E-state index contributed by atoms with van der Waals surface area (Å²) >= 11 is 0. The smallest absolute Gasteiger partial charge is 0.416 e. The number of carbonyl (C=O) groups excluding carboxylic acids is 1. The minimum Gasteiger partial charge on any atom is -0.491 e. The molecule has 3 aromatic rings. The fraction of sp³-hybridized carbons (Fsp3) is 0.323. The third-order valence-electron chi connectivity index (χ3n) is 7.30. The molecule has 0 spiro atoms. The Kier molecular flexibility index (Phi) is 8.25. The summed E-state index contributed by atoms with van der Waals surface area (Å²) in [6, 6.07) is 21.3. The van der Waals surface area contributed by atoms with E-state index in [9.17, 15) is 28.2 Å². The summed E-state index contributed by atoms with van der Waals surface area (Å²) in [6.45, 7) is -0.268. The lowest BCUT2D eigenvalue weighted by atomic mass is 9.91. The van der Waals surface area contributed by atoms with Crippen molar-refractivity contribution in [3.63, 3.8) is 0 Å². The molecule has 1 saturated carbocycles. The van der Waals surface area contributed by atoms with E-state index in [0.717, 1.165) is 23.3 Å². The first-order chi connectivity index (χ1) is 19.2. The Morgan fingerprint density at radius 2 is 1.73 bits per heavy atom. The average molecular weight is 555 g/mol. The predicted octanol–water partition coefficient (Wildman–Crippen LogP) is 5.64. The quantitative estimate of drug-likeness (QED) is 0.277. The van der Waals surface area contributed by atoms with Crippen LogP contribution >= 0.6 is 0 Å². The van der Waals surface area contributed by atoms with Crippen LogP contribution in [0.25, 0.3) is 11.1 Å². The lowest BCUT2D eigenvalue weighted by Gasteiger charge is -2.21. The van der Waals surface area contributed by atoms with E-state index in [1.807, 2.05) is 42.5 Å². The van der Waals surface area contributed by atoms with Gasteiger partial charge in [0.2, 0.25) is 0 Å². The lowest BCUT2D eigenvalue weighted by Crippen LogP contribution is -2.26. The number of halogens is 3. The Labute approximate surface area is 229 Å². The molecule has 2 aliphatic rings. The van der Waals surface area contributed by atoms with Crippen LogP contribution in [-0.4, -0.2) is 47.4 Å². The molecule has 0 radical (unpaired) electrons. The van der Waals surface area contributed by atoms with E-state index in [2.05, 4.69) is 0 Å². The summed E-state index contributed by atoms with van der Waals surface area (Å²) < 4.78 is 55.6. The van der Waals surface area contributed by atoms with Gasteiger partial charge < -0.3 is 24.4 Å². The summed E-state index contributed by atoms with van der Waals surface area (Å²) in [6.07, 6.45) is -3.45. The number of benzene rings is 3. The molecule has 1 aliphatic carbocycles. The zero-order valence-corrected chi connectivity index (χ0v) is 21.4. The molecule has 210 valence electrons. The molecule has 0 amide bonds. The van der Waals surface area contributed by atoms with Crippen LogP contribution in [0.2, 0.25) is 0 Å². The lowest BCUT2D eigenvalue weighted by molar-refractivity contribution is -0.137. The van der Waals surface area contributed by atoms with Gasteiger partial charge in [0.15, 0.2) is 6.29 Å². The van der Waals surface area contributed by atoms with Gasteiger partial charge in [0.1, 0.15) is 24.6 Å². The van der Waals surface area contributed by atoms with Crippen LogP contribution in [0.5, 0.6) is 5.75 Å². The zero-order chi connectivity index (χ0) is 28.3. The molecule has 1 aliphatic heterocycles. The molecule has 0 aromatic heterocycles. The Morgan fingerprint density at radius 3 is 2.45 bits per heavy atom. The van der Waals surface area contributed by atoms with Crippen molar-refractivity contribution in [2.75, 3.05) is 6.61 Å². The maximum absolute atomic E-state index is 13.0. The highest BCUT2D eigenvalue weighted by Gasteiger charge is 2.50. The van der Waals surface area contributed by atoms with Crippen LogP contribution in [-0.2, 0) is 15.7 Å². The van der Waals surface area contributed by atoms with Crippen LogP contribution in [0, 0.1) is 11.8 Å². The molecule has 3 aromatic carbocycles. The number of fused-ring (bicyclic) bond motifs is 1. The van der Waals surface area contributed by atoms with Crippen LogP contribution in [0.3, 0.4) is 0 Å². The number of alkyl halides is 3. The molecule has 1 unspecified atom stereocenters. The Morgan fingerprint density at radius 1 is 1.00 bits per heavy atom. The molecular formula is C31H29F3O6. The van der Waals surface area contributed by atoms with Gasteiger partial charge in [0.25, 0.3) is 0 Å². The number of esters is 1. The van der Waals surface area contributed by atoms with Crippen molar-refractivity contribution < 1.29 is 42.4 Å². The Balaban J connectivity index is 1.23. The molecule has 1 saturated heterocycles. The van der Waals surface area contributed by atoms with Crippen molar-refractivity contribution in [3.8, 4) is 16.9 Å². The molecule has 5 rings (SSSR count). The monoisotopic (exact) mass is 554 g/mol. The average Bonchev–Trinajstić information content (AvgIpc) is 3.46. The summed E-state index contributed by atoms with van der Waals surface area (Å²) in [5.41, 5.74) is 1.56. The minimum absolute atomic E-state index is 0.0133. The van der Waals surface area contributed by atoms with Gasteiger partial charge in [-0.2, -0.15) is 13.2 Å². The number of hydrogen-bond donors (Lipinski definition) is 2. The molecule has 40 heavy (non-hydrogen) atoms. The van der Waals surface area contributed by atoms with Gasteiger partial charge >= 0.3 is 12.1 Å². The number of ether oxygens (including phenoxy) is 3. The molecule has 1 heterocycles. The summed E-state index contributed by atoms with van der Waals surface area (Å²) in [7, 11) is 0. The van der Waals surface area contributed by atoms with Gasteiger partial charge in [0, 0.05) is 18.8 Å².